The summed E-state index contributed by atoms with van der Waals surface area (Å²) in [6.07, 6.45) is 1.60. The van der Waals surface area contributed by atoms with Gasteiger partial charge in [0.25, 0.3) is 5.91 Å². The first-order valence-corrected chi connectivity index (χ1v) is 6.82. The van der Waals surface area contributed by atoms with Gasteiger partial charge >= 0.3 is 5.97 Å². The lowest BCUT2D eigenvalue weighted by Gasteiger charge is -2.10. The number of anilines is 1. The molecule has 0 aliphatic heterocycles. The molecule has 0 unspecified atom stereocenters. The van der Waals surface area contributed by atoms with Crippen LogP contribution in [-0.2, 0) is 0 Å². The Hall–Kier alpha value is -1.96. The maximum Gasteiger partial charge on any atom is 0.337 e. The molecule has 1 heterocycles. The highest BCUT2D eigenvalue weighted by Crippen LogP contribution is 2.20. The molecular formula is C14H11IN2O3. The second-order valence-electron chi connectivity index (χ2n) is 4.09. The number of benzene rings is 1. The van der Waals surface area contributed by atoms with Crippen LogP contribution in [0.4, 0.5) is 5.69 Å². The molecular weight excluding hydrogens is 371 g/mol. The van der Waals surface area contributed by atoms with Gasteiger partial charge in [-0.25, -0.2) is 4.79 Å². The van der Waals surface area contributed by atoms with E-state index in [0.717, 1.165) is 3.57 Å². The number of aromatic nitrogens is 1. The van der Waals surface area contributed by atoms with Gasteiger partial charge in [0, 0.05) is 15.5 Å². The summed E-state index contributed by atoms with van der Waals surface area (Å²) in [5, 5.41) is 11.8. The van der Waals surface area contributed by atoms with Crippen molar-refractivity contribution in [2.24, 2.45) is 0 Å². The number of nitrogens with one attached hydrogen (secondary N) is 1. The molecule has 0 fully saturated rings. The molecule has 0 saturated carbocycles. The van der Waals surface area contributed by atoms with Gasteiger partial charge in [-0.1, -0.05) is 0 Å². The van der Waals surface area contributed by atoms with Gasteiger partial charge in [0.2, 0.25) is 0 Å². The molecule has 0 radical (unpaired) electrons. The highest BCUT2D eigenvalue weighted by Gasteiger charge is 2.15. The van der Waals surface area contributed by atoms with Gasteiger partial charge in [0.1, 0.15) is 0 Å². The fourth-order valence-electron chi connectivity index (χ4n) is 1.72. The largest absolute Gasteiger partial charge is 0.478 e. The van der Waals surface area contributed by atoms with Gasteiger partial charge in [0.15, 0.2) is 0 Å². The van der Waals surface area contributed by atoms with E-state index in [1.807, 2.05) is 22.6 Å². The zero-order valence-corrected chi connectivity index (χ0v) is 12.7. The third kappa shape index (κ3) is 3.13. The fourth-order valence-corrected chi connectivity index (χ4v) is 2.21. The Kier molecular flexibility index (Phi) is 4.33. The van der Waals surface area contributed by atoms with Crippen molar-refractivity contribution in [3.8, 4) is 0 Å². The molecule has 1 aromatic heterocycles. The first-order valence-electron chi connectivity index (χ1n) is 5.75. The summed E-state index contributed by atoms with van der Waals surface area (Å²) in [5.74, 6) is -1.46. The number of carbonyl (C=O) groups is 2. The third-order valence-corrected chi connectivity index (χ3v) is 3.38. The summed E-state index contributed by atoms with van der Waals surface area (Å²) >= 11 is 2.02. The van der Waals surface area contributed by atoms with E-state index in [1.54, 1.807) is 37.4 Å². The summed E-state index contributed by atoms with van der Waals surface area (Å²) in [5.41, 5.74) is 1.34. The molecule has 0 saturated heterocycles. The SMILES string of the molecule is Cc1ncccc1C(=O)Nc1ccc(I)cc1C(=O)O. The molecule has 20 heavy (non-hydrogen) atoms. The van der Waals surface area contributed by atoms with Crippen LogP contribution in [0.25, 0.3) is 0 Å². The highest BCUT2D eigenvalue weighted by atomic mass is 127. The number of rotatable bonds is 3. The van der Waals surface area contributed by atoms with Crippen LogP contribution in [0, 0.1) is 10.5 Å². The van der Waals surface area contributed by atoms with Gasteiger partial charge in [-0.3, -0.25) is 9.78 Å². The number of pyridine rings is 1. The van der Waals surface area contributed by atoms with Gasteiger partial charge in [-0.15, -0.1) is 0 Å². The molecule has 2 aromatic rings. The van der Waals surface area contributed by atoms with Crippen LogP contribution in [0.3, 0.4) is 0 Å². The number of aryl methyl sites for hydroxylation is 1. The van der Waals surface area contributed by atoms with E-state index in [2.05, 4.69) is 10.3 Å². The van der Waals surface area contributed by atoms with Crippen LogP contribution in [-0.4, -0.2) is 22.0 Å². The van der Waals surface area contributed by atoms with Crippen LogP contribution in [0.5, 0.6) is 0 Å². The van der Waals surface area contributed by atoms with Crippen LogP contribution < -0.4 is 5.32 Å². The molecule has 0 spiro atoms. The highest BCUT2D eigenvalue weighted by molar-refractivity contribution is 14.1. The van der Waals surface area contributed by atoms with Crippen molar-refractivity contribution >= 4 is 40.2 Å². The first-order chi connectivity index (χ1) is 9.49. The smallest absolute Gasteiger partial charge is 0.337 e. The van der Waals surface area contributed by atoms with Crippen molar-refractivity contribution in [2.75, 3.05) is 5.32 Å². The Labute approximate surface area is 129 Å². The minimum absolute atomic E-state index is 0.0618. The Balaban J connectivity index is 2.33. The summed E-state index contributed by atoms with van der Waals surface area (Å²) < 4.78 is 0.788. The van der Waals surface area contributed by atoms with E-state index < -0.39 is 5.97 Å². The molecule has 0 atom stereocenters. The topological polar surface area (TPSA) is 79.3 Å². The van der Waals surface area contributed by atoms with Gasteiger partial charge in [0.05, 0.1) is 16.8 Å². The zero-order chi connectivity index (χ0) is 14.7. The van der Waals surface area contributed by atoms with E-state index in [9.17, 15) is 9.59 Å². The van der Waals surface area contributed by atoms with Crippen molar-refractivity contribution in [2.45, 2.75) is 6.92 Å². The molecule has 2 rings (SSSR count). The van der Waals surface area contributed by atoms with Gasteiger partial charge in [-0.05, 0) is 59.8 Å². The van der Waals surface area contributed by atoms with Gasteiger partial charge < -0.3 is 10.4 Å². The molecule has 0 aliphatic rings. The minimum Gasteiger partial charge on any atom is -0.478 e. The molecule has 6 heteroatoms. The number of carboxylic acids is 1. The molecule has 102 valence electrons. The second kappa shape index (κ2) is 6.00. The van der Waals surface area contributed by atoms with Crippen LogP contribution >= 0.6 is 22.6 Å². The van der Waals surface area contributed by atoms with Crippen LogP contribution in [0.15, 0.2) is 36.5 Å². The molecule has 1 amide bonds. The van der Waals surface area contributed by atoms with E-state index in [4.69, 9.17) is 5.11 Å². The number of amides is 1. The number of carboxylic acid groups (broad SMARTS) is 1. The lowest BCUT2D eigenvalue weighted by Crippen LogP contribution is -2.16. The van der Waals surface area contributed by atoms with E-state index in [1.165, 1.54) is 6.07 Å². The quantitative estimate of drug-likeness (QED) is 0.801. The van der Waals surface area contributed by atoms with Crippen molar-refractivity contribution in [3.05, 3.63) is 56.9 Å². The number of aromatic carboxylic acids is 1. The van der Waals surface area contributed by atoms with Gasteiger partial charge in [-0.2, -0.15) is 0 Å². The summed E-state index contributed by atoms with van der Waals surface area (Å²) in [6.45, 7) is 1.72. The maximum atomic E-state index is 12.1. The predicted octanol–water partition coefficient (Wildman–Crippen LogP) is 2.95. The summed E-state index contributed by atoms with van der Waals surface area (Å²) in [7, 11) is 0. The van der Waals surface area contributed by atoms with E-state index in [0.29, 0.717) is 11.3 Å². The Morgan fingerprint density at radius 1 is 1.25 bits per heavy atom. The molecule has 1 aromatic carbocycles. The van der Waals surface area contributed by atoms with Crippen LogP contribution in [0.2, 0.25) is 0 Å². The van der Waals surface area contributed by atoms with Crippen molar-refractivity contribution in [3.63, 3.8) is 0 Å². The standard InChI is InChI=1S/C14H11IN2O3/c1-8-10(3-2-6-16-8)13(18)17-12-5-4-9(15)7-11(12)14(19)20/h2-7H,1H3,(H,17,18)(H,19,20). The average molecular weight is 382 g/mol. The van der Waals surface area contributed by atoms with E-state index in [-0.39, 0.29) is 17.2 Å². The van der Waals surface area contributed by atoms with Crippen LogP contribution in [0.1, 0.15) is 26.4 Å². The predicted molar refractivity (Wildman–Crippen MR) is 83.0 cm³/mol. The number of carbonyl (C=O) groups excluding carboxylic acids is 1. The number of halogens is 1. The normalized spacial score (nSPS) is 10.1. The Bertz CT molecular complexity index is 686. The summed E-state index contributed by atoms with van der Waals surface area (Å²) in [6, 6.07) is 8.13. The lowest BCUT2D eigenvalue weighted by atomic mass is 10.1. The monoisotopic (exact) mass is 382 g/mol. The average Bonchev–Trinajstić information content (AvgIpc) is 2.41. The second-order valence-corrected chi connectivity index (χ2v) is 5.33. The molecule has 2 N–H and O–H groups in total. The number of hydrogen-bond donors (Lipinski definition) is 2. The maximum absolute atomic E-state index is 12.1. The van der Waals surface area contributed by atoms with Crippen molar-refractivity contribution in [1.82, 2.24) is 4.98 Å². The van der Waals surface area contributed by atoms with Crippen molar-refractivity contribution < 1.29 is 14.7 Å². The lowest BCUT2D eigenvalue weighted by molar-refractivity contribution is 0.0698. The summed E-state index contributed by atoms with van der Waals surface area (Å²) in [4.78, 5) is 27.4. The number of hydrogen-bond acceptors (Lipinski definition) is 3. The first kappa shape index (κ1) is 14.4. The zero-order valence-electron chi connectivity index (χ0n) is 10.6. The molecule has 0 aliphatic carbocycles. The Morgan fingerprint density at radius 2 is 2.00 bits per heavy atom. The number of nitrogens with zero attached hydrogens (tertiary/aromatic N) is 1. The van der Waals surface area contributed by atoms with E-state index >= 15 is 0 Å². The fraction of sp³-hybridized carbons (Fsp3) is 0.0714. The Morgan fingerprint density at radius 3 is 2.65 bits per heavy atom. The molecule has 5 nitrogen and oxygen atoms in total. The van der Waals surface area contributed by atoms with Crippen molar-refractivity contribution in [1.29, 1.82) is 0 Å². The minimum atomic E-state index is -1.08. The molecule has 0 bridgehead atoms. The third-order valence-electron chi connectivity index (χ3n) is 2.71.